The van der Waals surface area contributed by atoms with Crippen molar-refractivity contribution < 1.29 is 27.1 Å². The standard InChI is InChI=1S/C14H9F5O/c1-6-3-2-4-7(5-6)14(20)8-9(15)11(17)13(19)12(18)10(8)16/h2-5,14,20H,1H3. The summed E-state index contributed by atoms with van der Waals surface area (Å²) < 4.78 is 66.2. The molecule has 1 atom stereocenters. The zero-order valence-corrected chi connectivity index (χ0v) is 10.2. The summed E-state index contributed by atoms with van der Waals surface area (Å²) in [4.78, 5) is 0. The first-order chi connectivity index (χ1) is 9.34. The zero-order valence-electron chi connectivity index (χ0n) is 10.2. The van der Waals surface area contributed by atoms with Gasteiger partial charge in [-0.1, -0.05) is 29.8 Å². The Bertz CT molecular complexity index is 640. The van der Waals surface area contributed by atoms with Gasteiger partial charge in [0.1, 0.15) is 6.10 Å². The van der Waals surface area contributed by atoms with Crippen molar-refractivity contribution in [3.8, 4) is 0 Å². The lowest BCUT2D eigenvalue weighted by molar-refractivity contribution is 0.202. The van der Waals surface area contributed by atoms with Gasteiger partial charge in [-0.3, -0.25) is 0 Å². The van der Waals surface area contributed by atoms with Crippen LogP contribution in [0, 0.1) is 36.0 Å². The van der Waals surface area contributed by atoms with Crippen molar-refractivity contribution >= 4 is 0 Å². The van der Waals surface area contributed by atoms with Crippen LogP contribution in [0.25, 0.3) is 0 Å². The lowest BCUT2D eigenvalue weighted by Gasteiger charge is -2.15. The van der Waals surface area contributed by atoms with Gasteiger partial charge >= 0.3 is 0 Å². The van der Waals surface area contributed by atoms with E-state index in [0.717, 1.165) is 0 Å². The summed E-state index contributed by atoms with van der Waals surface area (Å²) in [6, 6.07) is 5.88. The topological polar surface area (TPSA) is 20.2 Å². The number of hydrogen-bond donors (Lipinski definition) is 1. The molecule has 1 unspecified atom stereocenters. The van der Waals surface area contributed by atoms with Gasteiger partial charge in [0, 0.05) is 0 Å². The van der Waals surface area contributed by atoms with E-state index in [0.29, 0.717) is 5.56 Å². The lowest BCUT2D eigenvalue weighted by Crippen LogP contribution is -2.12. The minimum absolute atomic E-state index is 0.0354. The Morgan fingerprint density at radius 2 is 1.35 bits per heavy atom. The molecule has 1 N–H and O–H groups in total. The molecule has 2 aromatic rings. The number of aliphatic hydroxyl groups excluding tert-OH is 1. The maximum atomic E-state index is 13.6. The summed E-state index contributed by atoms with van der Waals surface area (Å²) in [6.45, 7) is 1.66. The van der Waals surface area contributed by atoms with Gasteiger partial charge in [-0.05, 0) is 12.5 Å². The number of halogens is 5. The molecular formula is C14H9F5O. The summed E-state index contributed by atoms with van der Waals surface area (Å²) in [5.74, 6) is -10.5. The van der Waals surface area contributed by atoms with Gasteiger partial charge in [0.2, 0.25) is 5.82 Å². The van der Waals surface area contributed by atoms with Crippen molar-refractivity contribution in [2.24, 2.45) is 0 Å². The molecule has 0 amide bonds. The first-order valence-electron chi connectivity index (χ1n) is 5.60. The fourth-order valence-electron chi connectivity index (χ4n) is 1.87. The van der Waals surface area contributed by atoms with Crippen molar-refractivity contribution in [2.75, 3.05) is 0 Å². The Morgan fingerprint density at radius 3 is 1.85 bits per heavy atom. The number of benzene rings is 2. The predicted octanol–water partition coefficient (Wildman–Crippen LogP) is 3.77. The highest BCUT2D eigenvalue weighted by atomic mass is 19.2. The monoisotopic (exact) mass is 288 g/mol. The second-order valence-corrected chi connectivity index (χ2v) is 4.30. The third-order valence-electron chi connectivity index (χ3n) is 2.88. The van der Waals surface area contributed by atoms with Crippen LogP contribution >= 0.6 is 0 Å². The van der Waals surface area contributed by atoms with Crippen LogP contribution < -0.4 is 0 Å². The van der Waals surface area contributed by atoms with E-state index in [-0.39, 0.29) is 5.56 Å². The molecular weight excluding hydrogens is 279 g/mol. The summed E-state index contributed by atoms with van der Waals surface area (Å²) >= 11 is 0. The summed E-state index contributed by atoms with van der Waals surface area (Å²) in [5.41, 5.74) is -0.550. The smallest absolute Gasteiger partial charge is 0.200 e. The Balaban J connectivity index is 2.64. The molecule has 1 nitrogen and oxygen atoms in total. The van der Waals surface area contributed by atoms with Crippen molar-refractivity contribution in [2.45, 2.75) is 13.0 Å². The number of hydrogen-bond acceptors (Lipinski definition) is 1. The molecule has 0 radical (unpaired) electrons. The molecule has 0 fully saturated rings. The summed E-state index contributed by atoms with van der Waals surface area (Å²) in [7, 11) is 0. The maximum absolute atomic E-state index is 13.6. The van der Waals surface area contributed by atoms with Gasteiger partial charge in [-0.2, -0.15) is 0 Å². The minimum atomic E-state index is -2.25. The van der Waals surface area contributed by atoms with Crippen LogP contribution in [0.2, 0.25) is 0 Å². The molecule has 0 aromatic heterocycles. The van der Waals surface area contributed by atoms with Crippen molar-refractivity contribution in [1.29, 1.82) is 0 Å². The Labute approximate surface area is 111 Å². The third kappa shape index (κ3) is 2.27. The normalized spacial score (nSPS) is 12.6. The SMILES string of the molecule is Cc1cccc(C(O)c2c(F)c(F)c(F)c(F)c2F)c1. The van der Waals surface area contributed by atoms with Crippen LogP contribution in [0.3, 0.4) is 0 Å². The number of rotatable bonds is 2. The van der Waals surface area contributed by atoms with Crippen LogP contribution in [-0.4, -0.2) is 5.11 Å². The predicted molar refractivity (Wildman–Crippen MR) is 61.5 cm³/mol. The minimum Gasteiger partial charge on any atom is -0.383 e. The highest BCUT2D eigenvalue weighted by Crippen LogP contribution is 2.31. The molecule has 2 rings (SSSR count). The fraction of sp³-hybridized carbons (Fsp3) is 0.143. The molecule has 0 aliphatic carbocycles. The van der Waals surface area contributed by atoms with Gasteiger partial charge in [-0.25, -0.2) is 22.0 Å². The molecule has 0 heterocycles. The van der Waals surface area contributed by atoms with E-state index in [1.54, 1.807) is 13.0 Å². The summed E-state index contributed by atoms with van der Waals surface area (Å²) in [6.07, 6.45) is -1.94. The largest absolute Gasteiger partial charge is 0.383 e. The molecule has 0 bridgehead atoms. The fourth-order valence-corrected chi connectivity index (χ4v) is 1.87. The van der Waals surface area contributed by atoms with Crippen LogP contribution in [-0.2, 0) is 0 Å². The molecule has 0 aliphatic heterocycles. The van der Waals surface area contributed by atoms with Gasteiger partial charge < -0.3 is 5.11 Å². The maximum Gasteiger partial charge on any atom is 0.200 e. The Morgan fingerprint density at radius 1 is 0.850 bits per heavy atom. The molecule has 20 heavy (non-hydrogen) atoms. The van der Waals surface area contributed by atoms with Crippen molar-refractivity contribution in [1.82, 2.24) is 0 Å². The van der Waals surface area contributed by atoms with Crippen LogP contribution in [0.15, 0.2) is 24.3 Å². The first-order valence-corrected chi connectivity index (χ1v) is 5.60. The highest BCUT2D eigenvalue weighted by molar-refractivity contribution is 5.35. The Kier molecular flexibility index (Phi) is 3.76. The van der Waals surface area contributed by atoms with Crippen molar-refractivity contribution in [3.05, 3.63) is 70.0 Å². The molecule has 0 spiro atoms. The van der Waals surface area contributed by atoms with E-state index in [1.807, 2.05) is 0 Å². The van der Waals surface area contributed by atoms with E-state index in [2.05, 4.69) is 0 Å². The van der Waals surface area contributed by atoms with Gasteiger partial charge in [0.15, 0.2) is 23.3 Å². The summed E-state index contributed by atoms with van der Waals surface area (Å²) in [5, 5.41) is 9.88. The van der Waals surface area contributed by atoms with Crippen LogP contribution in [0.4, 0.5) is 22.0 Å². The third-order valence-corrected chi connectivity index (χ3v) is 2.88. The molecule has 0 saturated carbocycles. The Hall–Kier alpha value is -1.95. The number of aliphatic hydroxyl groups is 1. The molecule has 0 saturated heterocycles. The van der Waals surface area contributed by atoms with Gasteiger partial charge in [-0.15, -0.1) is 0 Å². The van der Waals surface area contributed by atoms with Crippen molar-refractivity contribution in [3.63, 3.8) is 0 Å². The first kappa shape index (κ1) is 14.5. The van der Waals surface area contributed by atoms with Crippen LogP contribution in [0.1, 0.15) is 22.8 Å². The molecule has 2 aromatic carbocycles. The molecule has 0 aliphatic rings. The average Bonchev–Trinajstić information content (AvgIpc) is 2.43. The van der Waals surface area contributed by atoms with E-state index >= 15 is 0 Å². The van der Waals surface area contributed by atoms with Gasteiger partial charge in [0.05, 0.1) is 5.56 Å². The highest BCUT2D eigenvalue weighted by Gasteiger charge is 2.30. The van der Waals surface area contributed by atoms with E-state index in [4.69, 9.17) is 0 Å². The lowest BCUT2D eigenvalue weighted by atomic mass is 9.98. The van der Waals surface area contributed by atoms with E-state index in [9.17, 15) is 27.1 Å². The van der Waals surface area contributed by atoms with E-state index in [1.165, 1.54) is 18.2 Å². The van der Waals surface area contributed by atoms with Crippen LogP contribution in [0.5, 0.6) is 0 Å². The molecule has 106 valence electrons. The quantitative estimate of drug-likeness (QED) is 0.506. The number of aryl methyl sites for hydroxylation is 1. The van der Waals surface area contributed by atoms with E-state index < -0.39 is 40.8 Å². The average molecular weight is 288 g/mol. The second-order valence-electron chi connectivity index (χ2n) is 4.30. The molecule has 6 heteroatoms. The second kappa shape index (κ2) is 5.20. The van der Waals surface area contributed by atoms with Gasteiger partial charge in [0.25, 0.3) is 0 Å². The zero-order chi connectivity index (χ0) is 15.0.